The van der Waals surface area contributed by atoms with Gasteiger partial charge in [-0.05, 0) is 44.9 Å². The largest absolute Gasteiger partial charge is 0.472 e. The van der Waals surface area contributed by atoms with E-state index in [0.29, 0.717) is 13.0 Å². The summed E-state index contributed by atoms with van der Waals surface area (Å²) in [6.45, 7) is 4.16. The van der Waals surface area contributed by atoms with Crippen LogP contribution >= 0.6 is 7.82 Å². The van der Waals surface area contributed by atoms with Gasteiger partial charge in [0.25, 0.3) is 0 Å². The van der Waals surface area contributed by atoms with E-state index in [1.54, 1.807) is 0 Å². The van der Waals surface area contributed by atoms with E-state index in [1.165, 1.54) is 128 Å². The Morgan fingerprint density at radius 1 is 0.508 bits per heavy atom. The Kier molecular flexibility index (Phi) is 40.4. The minimum Gasteiger partial charge on any atom is -0.457 e. The van der Waals surface area contributed by atoms with E-state index in [1.807, 2.05) is 0 Å². The highest BCUT2D eigenvalue weighted by Gasteiger charge is 2.51. The maximum absolute atomic E-state index is 12.8. The van der Waals surface area contributed by atoms with Crippen molar-refractivity contribution in [3.63, 3.8) is 0 Å². The van der Waals surface area contributed by atoms with Crippen molar-refractivity contribution in [2.45, 2.75) is 268 Å². The molecule has 65 heavy (non-hydrogen) atoms. The third-order valence-corrected chi connectivity index (χ3v) is 13.3. The summed E-state index contributed by atoms with van der Waals surface area (Å²) in [5, 5.41) is 50.3. The first-order valence-corrected chi connectivity index (χ1v) is 27.8. The molecule has 1 aliphatic carbocycles. The first kappa shape index (κ1) is 61.6. The third-order valence-electron chi connectivity index (χ3n) is 12.3. The highest BCUT2D eigenvalue weighted by molar-refractivity contribution is 7.47. The summed E-state index contributed by atoms with van der Waals surface area (Å²) in [7, 11) is -5.02. The maximum atomic E-state index is 12.8. The number of rotatable bonds is 45. The number of allylic oxidation sites excluding steroid dienone is 6. The predicted molar refractivity (Wildman–Crippen MR) is 263 cm³/mol. The number of unbranched alkanes of at least 4 members (excludes halogenated alkanes) is 27. The number of phosphoric ester groups is 1. The fourth-order valence-electron chi connectivity index (χ4n) is 8.14. The lowest BCUT2D eigenvalue weighted by atomic mass is 9.85. The zero-order chi connectivity index (χ0) is 47.6. The van der Waals surface area contributed by atoms with Gasteiger partial charge in [0.15, 0.2) is 0 Å². The van der Waals surface area contributed by atoms with Crippen LogP contribution in [-0.2, 0) is 27.9 Å². The van der Waals surface area contributed by atoms with E-state index in [4.69, 9.17) is 18.5 Å². The molecule has 0 saturated heterocycles. The smallest absolute Gasteiger partial charge is 0.457 e. The van der Waals surface area contributed by atoms with Gasteiger partial charge in [-0.1, -0.05) is 211 Å². The number of aliphatic hydroxyl groups excluding tert-OH is 5. The molecule has 0 heterocycles. The highest BCUT2D eigenvalue weighted by Crippen LogP contribution is 2.47. The van der Waals surface area contributed by atoms with Crippen LogP contribution in [0, 0.1) is 0 Å². The van der Waals surface area contributed by atoms with Crippen molar-refractivity contribution in [1.82, 2.24) is 0 Å². The number of hydrogen-bond acceptors (Lipinski definition) is 11. The zero-order valence-corrected chi connectivity index (χ0v) is 41.9. The molecule has 0 aromatic rings. The van der Waals surface area contributed by atoms with Crippen LogP contribution in [0.3, 0.4) is 0 Å². The second kappa shape index (κ2) is 42.6. The average Bonchev–Trinajstić information content (AvgIpc) is 3.29. The standard InChI is InChI=1S/C52H97O12P/c1-3-5-7-9-11-13-15-17-19-20-21-22-23-24-25-26-28-30-32-34-36-38-40-42-61-43-45(44-62-65(59,60)64-52-50(57)48(55)47(54)49(56)51(52)58)63-46(53)41-39-37-35-33-31-29-27-18-16-14-12-10-8-6-4-2/h6,8,12,14,18,27,45,47-52,54-58H,3-5,7,9-11,13,15-17,19-26,28-44H2,1-2H3,(H,59,60)/b8-6-,14-12-,27-18-. The Balaban J connectivity index is 2.30. The molecule has 1 fully saturated rings. The lowest BCUT2D eigenvalue weighted by Crippen LogP contribution is -2.64. The highest BCUT2D eigenvalue weighted by atomic mass is 31.2. The summed E-state index contributed by atoms with van der Waals surface area (Å²) in [6.07, 6.45) is 39.4. The number of esters is 1. The van der Waals surface area contributed by atoms with Gasteiger partial charge in [0.2, 0.25) is 0 Å². The molecule has 0 aliphatic heterocycles. The Bertz CT molecular complexity index is 1210. The van der Waals surface area contributed by atoms with Crippen molar-refractivity contribution >= 4 is 13.8 Å². The van der Waals surface area contributed by atoms with Crippen LogP contribution in [-0.4, -0.2) is 98.9 Å². The van der Waals surface area contributed by atoms with E-state index in [9.17, 15) is 39.8 Å². The number of phosphoric acid groups is 1. The molecule has 1 aliphatic rings. The van der Waals surface area contributed by atoms with Gasteiger partial charge in [-0.2, -0.15) is 0 Å². The van der Waals surface area contributed by atoms with E-state index in [0.717, 1.165) is 70.6 Å². The Labute approximate surface area is 395 Å². The van der Waals surface area contributed by atoms with Crippen molar-refractivity contribution in [3.8, 4) is 0 Å². The van der Waals surface area contributed by atoms with Crippen molar-refractivity contribution in [3.05, 3.63) is 36.5 Å². The van der Waals surface area contributed by atoms with Crippen LogP contribution in [0.4, 0.5) is 0 Å². The molecule has 382 valence electrons. The zero-order valence-electron chi connectivity index (χ0n) is 41.0. The normalized spacial score (nSPS) is 21.8. The van der Waals surface area contributed by atoms with E-state index in [2.05, 4.69) is 50.3 Å². The van der Waals surface area contributed by atoms with Gasteiger partial charge in [-0.25, -0.2) is 4.57 Å². The van der Waals surface area contributed by atoms with Crippen molar-refractivity contribution in [2.24, 2.45) is 0 Å². The monoisotopic (exact) mass is 945 g/mol. The predicted octanol–water partition coefficient (Wildman–Crippen LogP) is 11.8. The molecule has 13 heteroatoms. The van der Waals surface area contributed by atoms with Crippen LogP contribution in [0.1, 0.15) is 226 Å². The molecule has 1 saturated carbocycles. The number of carbonyl (C=O) groups is 1. The SMILES string of the molecule is CC/C=C\C/C=C\C/C=C\CCCCCCCC(=O)OC(COCCCCCCCCCCCCCCCCCCCCCCCCC)COP(=O)(O)OC1C(O)C(O)C(O)C(O)C1O. The Hall–Kier alpha value is -1.44. The summed E-state index contributed by atoms with van der Waals surface area (Å²) in [6, 6.07) is 0. The number of ether oxygens (including phenoxy) is 2. The first-order valence-electron chi connectivity index (χ1n) is 26.3. The van der Waals surface area contributed by atoms with E-state index in [-0.39, 0.29) is 13.0 Å². The summed E-state index contributed by atoms with van der Waals surface area (Å²) < 4.78 is 34.3. The van der Waals surface area contributed by atoms with Gasteiger partial charge in [0.05, 0.1) is 13.2 Å². The molecule has 6 N–H and O–H groups in total. The quantitative estimate of drug-likeness (QED) is 0.0147. The molecule has 6 atom stereocenters. The molecular weight excluding hydrogens is 848 g/mol. The minimum absolute atomic E-state index is 0.0808. The van der Waals surface area contributed by atoms with Gasteiger partial charge in [0.1, 0.15) is 42.7 Å². The molecule has 6 unspecified atom stereocenters. The van der Waals surface area contributed by atoms with Crippen LogP contribution in [0.5, 0.6) is 0 Å². The Morgan fingerprint density at radius 3 is 1.38 bits per heavy atom. The van der Waals surface area contributed by atoms with Crippen LogP contribution in [0.2, 0.25) is 0 Å². The van der Waals surface area contributed by atoms with Crippen LogP contribution in [0.25, 0.3) is 0 Å². The Morgan fingerprint density at radius 2 is 0.908 bits per heavy atom. The molecule has 0 radical (unpaired) electrons. The fourth-order valence-corrected chi connectivity index (χ4v) is 9.11. The minimum atomic E-state index is -5.02. The van der Waals surface area contributed by atoms with Crippen LogP contribution < -0.4 is 0 Å². The maximum Gasteiger partial charge on any atom is 0.472 e. The van der Waals surface area contributed by atoms with Gasteiger partial charge < -0.3 is 39.9 Å². The summed E-state index contributed by atoms with van der Waals surface area (Å²) >= 11 is 0. The lowest BCUT2D eigenvalue weighted by Gasteiger charge is -2.41. The molecule has 0 aromatic carbocycles. The van der Waals surface area contributed by atoms with Gasteiger partial charge in [0, 0.05) is 13.0 Å². The first-order chi connectivity index (χ1) is 31.5. The molecule has 0 spiro atoms. The van der Waals surface area contributed by atoms with E-state index >= 15 is 0 Å². The summed E-state index contributed by atoms with van der Waals surface area (Å²) in [4.78, 5) is 23.2. The van der Waals surface area contributed by atoms with Crippen molar-refractivity contribution in [1.29, 1.82) is 0 Å². The molecule has 0 amide bonds. The summed E-state index contributed by atoms with van der Waals surface area (Å²) in [5.41, 5.74) is 0. The third kappa shape index (κ3) is 34.5. The van der Waals surface area contributed by atoms with E-state index < -0.39 is 63.1 Å². The molecule has 0 aromatic heterocycles. The molecule has 12 nitrogen and oxygen atoms in total. The second-order valence-electron chi connectivity index (χ2n) is 18.4. The fraction of sp³-hybridized carbons (Fsp3) is 0.865. The van der Waals surface area contributed by atoms with Crippen molar-refractivity contribution in [2.75, 3.05) is 19.8 Å². The van der Waals surface area contributed by atoms with Crippen molar-refractivity contribution < 1.29 is 58.3 Å². The number of carbonyl (C=O) groups excluding carboxylic acids is 1. The number of hydrogen-bond donors (Lipinski definition) is 6. The average molecular weight is 945 g/mol. The summed E-state index contributed by atoms with van der Waals surface area (Å²) in [5.74, 6) is -0.491. The second-order valence-corrected chi connectivity index (χ2v) is 19.8. The molecular formula is C52H97O12P. The molecule has 0 bridgehead atoms. The number of aliphatic hydroxyl groups is 5. The topological polar surface area (TPSA) is 192 Å². The van der Waals surface area contributed by atoms with Gasteiger partial charge in [-0.3, -0.25) is 13.8 Å². The van der Waals surface area contributed by atoms with Crippen LogP contribution in [0.15, 0.2) is 36.5 Å². The molecule has 1 rings (SSSR count). The lowest BCUT2D eigenvalue weighted by molar-refractivity contribution is -0.220. The van der Waals surface area contributed by atoms with Gasteiger partial charge >= 0.3 is 13.8 Å². The van der Waals surface area contributed by atoms with Gasteiger partial charge in [-0.15, -0.1) is 0 Å².